The van der Waals surface area contributed by atoms with Gasteiger partial charge in [-0.2, -0.15) is 10.2 Å². The van der Waals surface area contributed by atoms with E-state index in [2.05, 4.69) is 10.1 Å². The average molecular weight is 241 g/mol. The molecule has 0 atom stereocenters. The van der Waals surface area contributed by atoms with Gasteiger partial charge >= 0.3 is 0 Å². The molecule has 0 unspecified atom stereocenters. The zero-order valence-corrected chi connectivity index (χ0v) is 10.5. The summed E-state index contributed by atoms with van der Waals surface area (Å²) >= 11 is 1.45. The van der Waals surface area contributed by atoms with E-state index in [1.807, 2.05) is 26.8 Å². The van der Waals surface area contributed by atoms with Gasteiger partial charge in [0.2, 0.25) is 11.7 Å². The van der Waals surface area contributed by atoms with Crippen molar-refractivity contribution in [2.45, 2.75) is 32.1 Å². The minimum absolute atomic E-state index is 0.423. The van der Waals surface area contributed by atoms with E-state index in [4.69, 9.17) is 14.5 Å². The maximum Gasteiger partial charge on any atom is 0.236 e. The Morgan fingerprint density at radius 1 is 1.56 bits per heavy atom. The minimum Gasteiger partial charge on any atom is -0.368 e. The minimum atomic E-state index is -0.531. The van der Waals surface area contributed by atoms with E-state index in [0.717, 1.165) is 0 Å². The second-order valence-corrected chi connectivity index (χ2v) is 4.59. The van der Waals surface area contributed by atoms with Crippen LogP contribution in [0, 0.1) is 11.3 Å². The molecule has 0 aliphatic heterocycles. The molecule has 0 aliphatic carbocycles. The Balaban J connectivity index is 2.60. The maximum absolute atomic E-state index is 8.39. The molecule has 0 N–H and O–H groups in total. The van der Waals surface area contributed by atoms with Crippen LogP contribution in [-0.4, -0.2) is 22.5 Å². The Hall–Kier alpha value is -1.06. The number of aromatic nitrogens is 2. The Bertz CT molecular complexity index is 370. The summed E-state index contributed by atoms with van der Waals surface area (Å²) in [5.74, 6) is 2.06. The molecule has 88 valence electrons. The van der Waals surface area contributed by atoms with Crippen molar-refractivity contribution in [1.29, 1.82) is 5.26 Å². The fourth-order valence-corrected chi connectivity index (χ4v) is 1.65. The van der Waals surface area contributed by atoms with E-state index in [9.17, 15) is 0 Å². The molecule has 0 aliphatic rings. The molecule has 0 fully saturated rings. The first kappa shape index (κ1) is 13.0. The summed E-state index contributed by atoms with van der Waals surface area (Å²) in [5, 5.41) is 12.3. The number of rotatable bonds is 6. The van der Waals surface area contributed by atoms with Gasteiger partial charge in [-0.1, -0.05) is 5.16 Å². The van der Waals surface area contributed by atoms with E-state index in [0.29, 0.717) is 29.8 Å². The van der Waals surface area contributed by atoms with Gasteiger partial charge in [0.15, 0.2) is 0 Å². The van der Waals surface area contributed by atoms with Crippen LogP contribution in [0.2, 0.25) is 0 Å². The lowest BCUT2D eigenvalue weighted by Crippen LogP contribution is -2.23. The van der Waals surface area contributed by atoms with Gasteiger partial charge < -0.3 is 9.26 Å². The smallest absolute Gasteiger partial charge is 0.236 e. The lowest BCUT2D eigenvalue weighted by Gasteiger charge is -2.19. The van der Waals surface area contributed by atoms with Crippen molar-refractivity contribution in [1.82, 2.24) is 10.1 Å². The number of thioether (sulfide) groups is 1. The standard InChI is InChI=1S/C10H15N3O2S/c1-4-14-10(2,3)9-12-8(15-13-9)7-16-6-5-11/h4,6-7H2,1-3H3. The first-order valence-electron chi connectivity index (χ1n) is 5.02. The van der Waals surface area contributed by atoms with Crippen LogP contribution in [0.4, 0.5) is 0 Å². The van der Waals surface area contributed by atoms with Crippen LogP contribution >= 0.6 is 11.8 Å². The average Bonchev–Trinajstić information content (AvgIpc) is 2.67. The van der Waals surface area contributed by atoms with Gasteiger partial charge in [0.05, 0.1) is 17.6 Å². The highest BCUT2D eigenvalue weighted by atomic mass is 32.2. The molecule has 0 saturated carbocycles. The Morgan fingerprint density at radius 3 is 2.94 bits per heavy atom. The first-order chi connectivity index (χ1) is 7.60. The van der Waals surface area contributed by atoms with Crippen molar-refractivity contribution in [3.8, 4) is 6.07 Å². The first-order valence-corrected chi connectivity index (χ1v) is 6.17. The van der Waals surface area contributed by atoms with Crippen molar-refractivity contribution in [2.24, 2.45) is 0 Å². The van der Waals surface area contributed by atoms with E-state index in [-0.39, 0.29) is 0 Å². The Morgan fingerprint density at radius 2 is 2.31 bits per heavy atom. The van der Waals surface area contributed by atoms with Gasteiger partial charge in [0.25, 0.3) is 0 Å². The highest BCUT2D eigenvalue weighted by molar-refractivity contribution is 7.98. The van der Waals surface area contributed by atoms with Crippen molar-refractivity contribution >= 4 is 11.8 Å². The number of hydrogen-bond donors (Lipinski definition) is 0. The summed E-state index contributed by atoms with van der Waals surface area (Å²) in [6, 6.07) is 2.04. The number of hydrogen-bond acceptors (Lipinski definition) is 6. The van der Waals surface area contributed by atoms with Crippen LogP contribution in [-0.2, 0) is 16.1 Å². The number of ether oxygens (including phenoxy) is 1. The summed E-state index contributed by atoms with van der Waals surface area (Å²) in [6.45, 7) is 6.31. The number of nitriles is 1. The van der Waals surface area contributed by atoms with Gasteiger partial charge in [-0.3, -0.25) is 0 Å². The predicted molar refractivity (Wildman–Crippen MR) is 60.7 cm³/mol. The van der Waals surface area contributed by atoms with Gasteiger partial charge in [-0.25, -0.2) is 0 Å². The summed E-state index contributed by atoms with van der Waals surface area (Å²) in [5.41, 5.74) is -0.531. The molecular formula is C10H15N3O2S. The molecular weight excluding hydrogens is 226 g/mol. The second-order valence-electron chi connectivity index (χ2n) is 3.61. The molecule has 0 aromatic carbocycles. The van der Waals surface area contributed by atoms with E-state index in [1.165, 1.54) is 11.8 Å². The van der Waals surface area contributed by atoms with Gasteiger partial charge in [-0.15, -0.1) is 11.8 Å². The molecule has 0 amide bonds. The van der Waals surface area contributed by atoms with Crippen LogP contribution in [0.5, 0.6) is 0 Å². The highest BCUT2D eigenvalue weighted by Gasteiger charge is 2.26. The molecule has 1 heterocycles. The highest BCUT2D eigenvalue weighted by Crippen LogP contribution is 2.22. The summed E-state index contributed by atoms with van der Waals surface area (Å²) in [6.07, 6.45) is 0. The Labute approximate surface area is 99.2 Å². The monoisotopic (exact) mass is 241 g/mol. The van der Waals surface area contributed by atoms with Crippen LogP contribution in [0.25, 0.3) is 0 Å². The quantitative estimate of drug-likeness (QED) is 0.710. The van der Waals surface area contributed by atoms with Crippen LogP contribution < -0.4 is 0 Å². The molecule has 0 saturated heterocycles. The Kier molecular flexibility index (Phi) is 4.77. The number of nitrogens with zero attached hydrogens (tertiary/aromatic N) is 3. The molecule has 1 rings (SSSR count). The summed E-state index contributed by atoms with van der Waals surface area (Å²) in [7, 11) is 0. The second kappa shape index (κ2) is 5.87. The predicted octanol–water partition coefficient (Wildman–Crippen LogP) is 2.10. The molecule has 1 aromatic rings. The lowest BCUT2D eigenvalue weighted by molar-refractivity contribution is -0.0221. The fourth-order valence-electron chi connectivity index (χ4n) is 1.17. The third kappa shape index (κ3) is 3.51. The van der Waals surface area contributed by atoms with Crippen LogP contribution in [0.1, 0.15) is 32.5 Å². The van der Waals surface area contributed by atoms with Gasteiger partial charge in [-0.05, 0) is 20.8 Å². The summed E-state index contributed by atoms with van der Waals surface area (Å²) in [4.78, 5) is 4.24. The molecule has 6 heteroatoms. The van der Waals surface area contributed by atoms with Crippen molar-refractivity contribution in [2.75, 3.05) is 12.4 Å². The van der Waals surface area contributed by atoms with Gasteiger partial charge in [0.1, 0.15) is 5.60 Å². The zero-order chi connectivity index (χ0) is 12.0. The zero-order valence-electron chi connectivity index (χ0n) is 9.69. The molecule has 0 bridgehead atoms. The van der Waals surface area contributed by atoms with Crippen LogP contribution in [0.15, 0.2) is 4.52 Å². The fraction of sp³-hybridized carbons (Fsp3) is 0.700. The normalized spacial score (nSPS) is 11.4. The van der Waals surface area contributed by atoms with Crippen molar-refractivity contribution < 1.29 is 9.26 Å². The topological polar surface area (TPSA) is 71.9 Å². The van der Waals surface area contributed by atoms with Crippen molar-refractivity contribution in [3.05, 3.63) is 11.7 Å². The molecule has 0 radical (unpaired) electrons. The van der Waals surface area contributed by atoms with Crippen LogP contribution in [0.3, 0.4) is 0 Å². The molecule has 0 spiro atoms. The third-order valence-corrected chi connectivity index (χ3v) is 2.69. The molecule has 5 nitrogen and oxygen atoms in total. The van der Waals surface area contributed by atoms with E-state index in [1.54, 1.807) is 0 Å². The van der Waals surface area contributed by atoms with E-state index >= 15 is 0 Å². The third-order valence-electron chi connectivity index (χ3n) is 1.90. The van der Waals surface area contributed by atoms with E-state index < -0.39 is 5.60 Å². The molecule has 16 heavy (non-hydrogen) atoms. The van der Waals surface area contributed by atoms with Crippen molar-refractivity contribution in [3.63, 3.8) is 0 Å². The largest absolute Gasteiger partial charge is 0.368 e. The lowest BCUT2D eigenvalue weighted by atomic mass is 10.1. The SMILES string of the molecule is CCOC(C)(C)c1noc(CSCC#N)n1. The summed E-state index contributed by atoms with van der Waals surface area (Å²) < 4.78 is 10.6. The maximum atomic E-state index is 8.39. The molecule has 1 aromatic heterocycles. The van der Waals surface area contributed by atoms with Gasteiger partial charge in [0, 0.05) is 6.61 Å².